The summed E-state index contributed by atoms with van der Waals surface area (Å²) in [7, 11) is 5.66. The topological polar surface area (TPSA) is 67.6 Å². The Morgan fingerprint density at radius 2 is 2.20 bits per heavy atom. The molecule has 2 rings (SSSR count). The number of nitrogen functional groups attached to an aromatic ring is 1. The van der Waals surface area contributed by atoms with Crippen LogP contribution in [0.15, 0.2) is 0 Å². The molecule has 0 bridgehead atoms. The Labute approximate surface area is 124 Å². The van der Waals surface area contributed by atoms with Crippen LogP contribution in [-0.2, 0) is 0 Å². The van der Waals surface area contributed by atoms with Crippen molar-refractivity contribution in [2.75, 3.05) is 38.8 Å². The van der Waals surface area contributed by atoms with Crippen LogP contribution in [0.1, 0.15) is 29.4 Å². The zero-order chi connectivity index (χ0) is 14.9. The Hall–Kier alpha value is -1.27. The lowest BCUT2D eigenvalue weighted by atomic mass is 10.2. The lowest BCUT2D eigenvalue weighted by Gasteiger charge is -2.20. The molecule has 1 saturated carbocycles. The fourth-order valence-corrected chi connectivity index (χ4v) is 3.00. The fraction of sp³-hybridized carbons (Fsp3) is 0.643. The van der Waals surface area contributed by atoms with E-state index in [1.54, 1.807) is 7.11 Å². The number of hydrogen-bond donors (Lipinski definition) is 2. The highest BCUT2D eigenvalue weighted by atomic mass is 32.1. The van der Waals surface area contributed by atoms with Gasteiger partial charge in [-0.15, -0.1) is 11.3 Å². The molecule has 1 heterocycles. The van der Waals surface area contributed by atoms with Gasteiger partial charge in [0.1, 0.15) is 5.00 Å². The van der Waals surface area contributed by atoms with E-state index in [2.05, 4.69) is 17.1 Å². The fourth-order valence-electron chi connectivity index (χ4n) is 1.88. The number of nitrogens with two attached hydrogens (primary N) is 1. The molecule has 0 spiro atoms. The zero-order valence-corrected chi connectivity index (χ0v) is 13.3. The van der Waals surface area contributed by atoms with E-state index in [0.29, 0.717) is 22.4 Å². The van der Waals surface area contributed by atoms with Crippen LogP contribution in [0.25, 0.3) is 0 Å². The standard InChI is InChI=1S/C14H23N3O2S/c1-8(17(2)3)7-16-14-12(19-4)10(15)13(20-14)11(18)9-5-6-9/h8-9,16H,5-7,15H2,1-4H3. The van der Waals surface area contributed by atoms with Gasteiger partial charge in [0.15, 0.2) is 11.5 Å². The first-order valence-corrected chi connectivity index (χ1v) is 7.68. The number of hydrogen-bond acceptors (Lipinski definition) is 6. The lowest BCUT2D eigenvalue weighted by Crippen LogP contribution is -2.31. The number of ether oxygens (including phenoxy) is 1. The Balaban J connectivity index is 2.15. The van der Waals surface area contributed by atoms with E-state index in [4.69, 9.17) is 10.5 Å². The average molecular weight is 297 g/mol. The van der Waals surface area contributed by atoms with E-state index >= 15 is 0 Å². The Morgan fingerprint density at radius 1 is 1.55 bits per heavy atom. The summed E-state index contributed by atoms with van der Waals surface area (Å²) in [5.41, 5.74) is 6.54. The molecule has 1 aromatic heterocycles. The zero-order valence-electron chi connectivity index (χ0n) is 12.5. The van der Waals surface area contributed by atoms with Gasteiger partial charge in [-0.2, -0.15) is 0 Å². The van der Waals surface area contributed by atoms with E-state index in [1.165, 1.54) is 11.3 Å². The third kappa shape index (κ3) is 3.07. The number of nitrogens with one attached hydrogen (secondary N) is 1. The van der Waals surface area contributed by atoms with Crippen LogP contribution in [0, 0.1) is 5.92 Å². The molecule has 0 radical (unpaired) electrons. The highest BCUT2D eigenvalue weighted by Crippen LogP contribution is 2.46. The van der Waals surface area contributed by atoms with Gasteiger partial charge in [0.25, 0.3) is 0 Å². The summed E-state index contributed by atoms with van der Waals surface area (Å²) in [6.07, 6.45) is 1.97. The van der Waals surface area contributed by atoms with Crippen molar-refractivity contribution in [1.82, 2.24) is 4.90 Å². The summed E-state index contributed by atoms with van der Waals surface area (Å²) >= 11 is 1.41. The van der Waals surface area contributed by atoms with Gasteiger partial charge in [-0.25, -0.2) is 0 Å². The first-order chi connectivity index (χ1) is 9.45. The molecule has 1 aromatic rings. The van der Waals surface area contributed by atoms with E-state index in [9.17, 15) is 4.79 Å². The molecule has 20 heavy (non-hydrogen) atoms. The van der Waals surface area contributed by atoms with Gasteiger partial charge >= 0.3 is 0 Å². The predicted octanol–water partition coefficient (Wildman–Crippen LogP) is 2.29. The molecule has 1 aliphatic carbocycles. The van der Waals surface area contributed by atoms with Gasteiger partial charge in [0.05, 0.1) is 17.7 Å². The first-order valence-electron chi connectivity index (χ1n) is 6.86. The molecular weight excluding hydrogens is 274 g/mol. The van der Waals surface area contributed by atoms with Crippen molar-refractivity contribution in [3.63, 3.8) is 0 Å². The molecule has 5 nitrogen and oxygen atoms in total. The number of likely N-dealkylation sites (N-methyl/N-ethyl adjacent to an activating group) is 1. The van der Waals surface area contributed by atoms with Gasteiger partial charge in [0.2, 0.25) is 0 Å². The molecule has 0 saturated heterocycles. The van der Waals surface area contributed by atoms with Gasteiger partial charge in [-0.3, -0.25) is 4.79 Å². The van der Waals surface area contributed by atoms with Crippen molar-refractivity contribution in [2.24, 2.45) is 5.92 Å². The van der Waals surface area contributed by atoms with Crippen LogP contribution in [0.5, 0.6) is 5.75 Å². The van der Waals surface area contributed by atoms with E-state index in [-0.39, 0.29) is 11.7 Å². The molecule has 1 aliphatic rings. The smallest absolute Gasteiger partial charge is 0.178 e. The second-order valence-electron chi connectivity index (χ2n) is 5.54. The van der Waals surface area contributed by atoms with Gasteiger partial charge in [-0.05, 0) is 33.9 Å². The molecule has 112 valence electrons. The maximum absolute atomic E-state index is 12.2. The predicted molar refractivity (Wildman–Crippen MR) is 84.0 cm³/mol. The highest BCUT2D eigenvalue weighted by Gasteiger charge is 2.34. The number of thiophene rings is 1. The van der Waals surface area contributed by atoms with Crippen LogP contribution in [0.3, 0.4) is 0 Å². The van der Waals surface area contributed by atoms with Gasteiger partial charge < -0.3 is 20.7 Å². The first kappa shape index (κ1) is 15.1. The molecular formula is C14H23N3O2S. The second kappa shape index (κ2) is 6.01. The summed E-state index contributed by atoms with van der Waals surface area (Å²) in [5, 5.41) is 4.19. The quantitative estimate of drug-likeness (QED) is 0.756. The normalized spacial score (nSPS) is 16.2. The molecule has 1 fully saturated rings. The van der Waals surface area contributed by atoms with Crippen molar-refractivity contribution in [1.29, 1.82) is 0 Å². The van der Waals surface area contributed by atoms with Crippen LogP contribution < -0.4 is 15.8 Å². The van der Waals surface area contributed by atoms with Crippen LogP contribution >= 0.6 is 11.3 Å². The SMILES string of the molecule is COc1c(NCC(C)N(C)C)sc(C(=O)C2CC2)c1N. The number of rotatable bonds is 7. The molecule has 1 unspecified atom stereocenters. The molecule has 0 aromatic carbocycles. The monoisotopic (exact) mass is 297 g/mol. The number of carbonyl (C=O) groups is 1. The number of carbonyl (C=O) groups excluding carboxylic acids is 1. The summed E-state index contributed by atoms with van der Waals surface area (Å²) in [5.74, 6) is 0.943. The maximum Gasteiger partial charge on any atom is 0.178 e. The minimum absolute atomic E-state index is 0.166. The van der Waals surface area contributed by atoms with Crippen molar-refractivity contribution in [2.45, 2.75) is 25.8 Å². The van der Waals surface area contributed by atoms with Crippen molar-refractivity contribution >= 4 is 27.8 Å². The molecule has 0 amide bonds. The lowest BCUT2D eigenvalue weighted by molar-refractivity contribution is 0.0972. The Bertz CT molecular complexity index is 495. The number of anilines is 2. The number of Topliss-reactive ketones (excluding diaryl/α,β-unsaturated/α-hetero) is 1. The van der Waals surface area contributed by atoms with Crippen molar-refractivity contribution < 1.29 is 9.53 Å². The Kier molecular flexibility index (Phi) is 4.55. The van der Waals surface area contributed by atoms with Crippen LogP contribution in [0.2, 0.25) is 0 Å². The molecule has 0 aliphatic heterocycles. The van der Waals surface area contributed by atoms with Gasteiger partial charge in [0, 0.05) is 18.5 Å². The highest BCUT2D eigenvalue weighted by molar-refractivity contribution is 7.19. The molecule has 3 N–H and O–H groups in total. The van der Waals surface area contributed by atoms with E-state index < -0.39 is 0 Å². The summed E-state index contributed by atoms with van der Waals surface area (Å²) in [4.78, 5) is 15.0. The van der Waals surface area contributed by atoms with Gasteiger partial charge in [-0.1, -0.05) is 0 Å². The van der Waals surface area contributed by atoms with Crippen LogP contribution in [-0.4, -0.2) is 44.5 Å². The summed E-state index contributed by atoms with van der Waals surface area (Å²) in [6, 6.07) is 0.380. The third-order valence-electron chi connectivity index (χ3n) is 3.72. The number of ketones is 1. The molecule has 1 atom stereocenters. The number of methoxy groups -OCH3 is 1. The van der Waals surface area contributed by atoms with Crippen LogP contribution in [0.4, 0.5) is 10.7 Å². The summed E-state index contributed by atoms with van der Waals surface area (Å²) < 4.78 is 5.36. The third-order valence-corrected chi connectivity index (χ3v) is 4.87. The van der Waals surface area contributed by atoms with E-state index in [0.717, 1.165) is 24.4 Å². The average Bonchev–Trinajstić information content (AvgIpc) is 3.20. The second-order valence-corrected chi connectivity index (χ2v) is 6.56. The minimum atomic E-state index is 0.166. The summed E-state index contributed by atoms with van der Waals surface area (Å²) in [6.45, 7) is 2.91. The minimum Gasteiger partial charge on any atom is -0.492 e. The number of nitrogens with zero attached hydrogens (tertiary/aromatic N) is 1. The van der Waals surface area contributed by atoms with E-state index in [1.807, 2.05) is 14.1 Å². The Morgan fingerprint density at radius 3 is 2.70 bits per heavy atom. The van der Waals surface area contributed by atoms with Crippen molar-refractivity contribution in [3.8, 4) is 5.75 Å². The molecule has 6 heteroatoms. The van der Waals surface area contributed by atoms with Crippen molar-refractivity contribution in [3.05, 3.63) is 4.88 Å². The largest absolute Gasteiger partial charge is 0.492 e. The maximum atomic E-state index is 12.2.